The van der Waals surface area contributed by atoms with Crippen molar-refractivity contribution >= 4 is 39.5 Å². The Morgan fingerprint density at radius 1 is 0.274 bits per heavy atom. The van der Waals surface area contributed by atoms with Gasteiger partial charge in [-0.25, -0.2) is 9.13 Å². The zero-order valence-corrected chi connectivity index (χ0v) is 68.1. The topological polar surface area (TPSA) is 237 Å². The summed E-state index contributed by atoms with van der Waals surface area (Å²) < 4.78 is 68.6. The number of carbonyl (C=O) groups excluding carboxylic acids is 4. The van der Waals surface area contributed by atoms with Gasteiger partial charge in [0.2, 0.25) is 0 Å². The first-order chi connectivity index (χ1) is 51.7. The maximum absolute atomic E-state index is 13.1. The highest BCUT2D eigenvalue weighted by atomic mass is 31.2. The molecule has 0 amide bonds. The molecule has 0 saturated carbocycles. The van der Waals surface area contributed by atoms with Crippen LogP contribution in [-0.4, -0.2) is 96.7 Å². The molecule has 0 aromatic rings. The fourth-order valence-electron chi connectivity index (χ4n) is 10.6. The molecule has 0 aliphatic carbocycles. The second kappa shape index (κ2) is 78.1. The SMILES string of the molecule is CC/C=C\C/C=C\C/C=C\C/C=C\C/C=C\C/C=C\CCC(=O)OCC(COP(=O)(O)OCC(O)COP(=O)(O)OCC(COC(=O)CCCCC/C=C\C/C=C\C/C=C\C/C=C\C/C=C\CC)OC(=O)CCCCCCC/C=C\CCCCCC)OC(=O)CCCCCCCCCCCCCCCCC. The Morgan fingerprint density at radius 3 is 0.840 bits per heavy atom. The van der Waals surface area contributed by atoms with Crippen LogP contribution in [-0.2, 0) is 65.4 Å². The van der Waals surface area contributed by atoms with Crippen molar-refractivity contribution in [2.75, 3.05) is 39.6 Å². The van der Waals surface area contributed by atoms with Crippen LogP contribution in [0.15, 0.2) is 146 Å². The Balaban J connectivity index is 5.44. The number of unbranched alkanes of at least 4 members (excludes halogenated alkanes) is 26. The third-order valence-electron chi connectivity index (χ3n) is 16.8. The maximum atomic E-state index is 13.1. The van der Waals surface area contributed by atoms with E-state index < -0.39 is 97.5 Å². The van der Waals surface area contributed by atoms with Crippen LogP contribution < -0.4 is 0 Å². The van der Waals surface area contributed by atoms with E-state index in [1.807, 2.05) is 18.2 Å². The van der Waals surface area contributed by atoms with E-state index in [0.717, 1.165) is 148 Å². The van der Waals surface area contributed by atoms with Crippen LogP contribution in [0.25, 0.3) is 0 Å². The molecule has 5 atom stereocenters. The number of rotatable bonds is 76. The summed E-state index contributed by atoms with van der Waals surface area (Å²) in [4.78, 5) is 73.1. The highest BCUT2D eigenvalue weighted by molar-refractivity contribution is 7.47. The van der Waals surface area contributed by atoms with E-state index in [9.17, 15) is 43.2 Å². The Labute approximate surface area is 643 Å². The predicted octanol–water partition coefficient (Wildman–Crippen LogP) is 24.2. The molecule has 3 N–H and O–H groups in total. The number of aliphatic hydroxyl groups is 1. The smallest absolute Gasteiger partial charge is 0.462 e. The monoisotopic (exact) mass is 1530 g/mol. The highest BCUT2D eigenvalue weighted by Gasteiger charge is 2.30. The van der Waals surface area contributed by atoms with Gasteiger partial charge in [-0.1, -0.05) is 308 Å². The first-order valence-corrected chi connectivity index (χ1v) is 44.1. The molecule has 0 aliphatic heterocycles. The van der Waals surface area contributed by atoms with Gasteiger partial charge >= 0.3 is 39.5 Å². The normalized spacial score (nSPS) is 14.6. The molecular weight excluding hydrogens is 1380 g/mol. The fraction of sp³-hybridized carbons (Fsp3) is 0.678. The van der Waals surface area contributed by atoms with Crippen LogP contribution in [0.5, 0.6) is 0 Å². The zero-order chi connectivity index (χ0) is 77.4. The molecule has 0 radical (unpaired) electrons. The summed E-state index contributed by atoms with van der Waals surface area (Å²) in [6, 6.07) is 0. The molecule has 5 unspecified atom stereocenters. The lowest BCUT2D eigenvalue weighted by Gasteiger charge is -2.21. The lowest BCUT2D eigenvalue weighted by Crippen LogP contribution is -2.30. The van der Waals surface area contributed by atoms with Crippen molar-refractivity contribution in [3.8, 4) is 0 Å². The minimum Gasteiger partial charge on any atom is -0.462 e. The summed E-state index contributed by atoms with van der Waals surface area (Å²) in [6.07, 6.45) is 89.8. The van der Waals surface area contributed by atoms with Crippen LogP contribution in [0.4, 0.5) is 0 Å². The van der Waals surface area contributed by atoms with E-state index in [0.29, 0.717) is 32.1 Å². The van der Waals surface area contributed by atoms with E-state index in [1.54, 1.807) is 0 Å². The largest absolute Gasteiger partial charge is 0.472 e. The van der Waals surface area contributed by atoms with Gasteiger partial charge in [0.25, 0.3) is 0 Å². The Kier molecular flexibility index (Phi) is 74.3. The van der Waals surface area contributed by atoms with Crippen molar-refractivity contribution in [1.29, 1.82) is 0 Å². The van der Waals surface area contributed by atoms with Crippen LogP contribution in [0, 0.1) is 0 Å². The molecular formula is C87H146O17P2. The average molecular weight is 1530 g/mol. The fourth-order valence-corrected chi connectivity index (χ4v) is 12.2. The lowest BCUT2D eigenvalue weighted by atomic mass is 10.0. The molecule has 106 heavy (non-hydrogen) atoms. The molecule has 606 valence electrons. The molecule has 0 aromatic heterocycles. The first-order valence-electron chi connectivity index (χ1n) is 41.1. The number of carbonyl (C=O) groups is 4. The summed E-state index contributed by atoms with van der Waals surface area (Å²) in [5.74, 6) is -2.31. The van der Waals surface area contributed by atoms with Gasteiger partial charge in [-0.15, -0.1) is 0 Å². The van der Waals surface area contributed by atoms with Gasteiger partial charge in [-0.05, 0) is 135 Å². The number of esters is 4. The zero-order valence-electron chi connectivity index (χ0n) is 66.3. The Bertz CT molecular complexity index is 2580. The van der Waals surface area contributed by atoms with E-state index in [2.05, 4.69) is 155 Å². The Morgan fingerprint density at radius 2 is 0.509 bits per heavy atom. The second-order valence-electron chi connectivity index (χ2n) is 27.0. The summed E-state index contributed by atoms with van der Waals surface area (Å²) in [5.41, 5.74) is 0. The van der Waals surface area contributed by atoms with E-state index >= 15 is 0 Å². The van der Waals surface area contributed by atoms with Gasteiger partial charge in [0.1, 0.15) is 19.3 Å². The minimum atomic E-state index is -5.00. The van der Waals surface area contributed by atoms with Crippen LogP contribution in [0.3, 0.4) is 0 Å². The average Bonchev–Trinajstić information content (AvgIpc) is 0.933. The van der Waals surface area contributed by atoms with Gasteiger partial charge in [-0.3, -0.25) is 37.3 Å². The van der Waals surface area contributed by atoms with Crippen molar-refractivity contribution in [2.24, 2.45) is 0 Å². The Hall–Kier alpha value is -5.06. The number of phosphoric ester groups is 2. The number of hydrogen-bond acceptors (Lipinski definition) is 15. The molecule has 19 heteroatoms. The molecule has 0 aliphatic rings. The minimum absolute atomic E-state index is 0.0343. The summed E-state index contributed by atoms with van der Waals surface area (Å²) in [5, 5.41) is 10.6. The summed E-state index contributed by atoms with van der Waals surface area (Å²) in [6.45, 7) is 4.52. The first kappa shape index (κ1) is 101. The number of ether oxygens (including phenoxy) is 4. The van der Waals surface area contributed by atoms with Crippen molar-refractivity contribution in [3.05, 3.63) is 146 Å². The molecule has 0 fully saturated rings. The van der Waals surface area contributed by atoms with E-state index in [4.69, 9.17) is 37.0 Å². The van der Waals surface area contributed by atoms with Crippen molar-refractivity contribution in [3.63, 3.8) is 0 Å². The third-order valence-corrected chi connectivity index (χ3v) is 18.7. The number of hydrogen-bond donors (Lipinski definition) is 3. The highest BCUT2D eigenvalue weighted by Crippen LogP contribution is 2.45. The molecule has 0 aromatic carbocycles. The van der Waals surface area contributed by atoms with Crippen molar-refractivity contribution in [1.82, 2.24) is 0 Å². The van der Waals surface area contributed by atoms with Gasteiger partial charge in [0, 0.05) is 25.7 Å². The molecule has 0 saturated heterocycles. The van der Waals surface area contributed by atoms with E-state index in [-0.39, 0.29) is 25.7 Å². The quantitative estimate of drug-likeness (QED) is 0.0169. The molecule has 0 heterocycles. The standard InChI is InChI=1S/C87H146O17P2/c1-5-9-13-17-21-25-29-33-36-38-40-42-45-48-51-55-59-63-67-71-84(89)97-77-82(103-86(91)73-69-65-61-57-53-47-32-28-24-20-16-12-8-4)79-101-105(93,94)99-75-81(88)76-100-106(95,96)102-80-83(104-87(92)74-70-66-62-58-54-50-44-35-31-27-23-19-15-11-7-3)78-98-85(90)72-68-64-60-56-52-49-46-43-41-39-37-34-30-26-22-18-14-10-6-2/h9-10,13-14,21-22,25-26,28,32-34,36-37,40-43,48-49,51-52,60,64,81-83,88H,5-8,11-12,15-20,23-24,27,29-31,35,38-39,44-47,50,53-59,61-63,65-80H2,1-4H3,(H,93,94)(H,95,96)/b13-9-,14-10-,25-21-,26-22-,32-28-,36-33-,37-34-,42-40-,43-41-,51-48-,52-49-,64-60-. The number of phosphoric acid groups is 2. The van der Waals surface area contributed by atoms with E-state index in [1.165, 1.54) is 89.9 Å². The lowest BCUT2D eigenvalue weighted by molar-refractivity contribution is -0.161. The van der Waals surface area contributed by atoms with Crippen LogP contribution in [0.1, 0.15) is 323 Å². The summed E-state index contributed by atoms with van der Waals surface area (Å²) >= 11 is 0. The number of aliphatic hydroxyl groups excluding tert-OH is 1. The summed E-state index contributed by atoms with van der Waals surface area (Å²) in [7, 11) is -9.99. The van der Waals surface area contributed by atoms with Gasteiger partial charge < -0.3 is 33.8 Å². The van der Waals surface area contributed by atoms with Crippen molar-refractivity contribution in [2.45, 2.75) is 341 Å². The molecule has 0 spiro atoms. The molecule has 0 rings (SSSR count). The number of allylic oxidation sites excluding steroid dienone is 24. The predicted molar refractivity (Wildman–Crippen MR) is 436 cm³/mol. The van der Waals surface area contributed by atoms with Gasteiger partial charge in [0.05, 0.1) is 26.4 Å². The second-order valence-corrected chi connectivity index (χ2v) is 29.9. The molecule has 17 nitrogen and oxygen atoms in total. The van der Waals surface area contributed by atoms with Gasteiger partial charge in [-0.2, -0.15) is 0 Å². The molecule has 0 bridgehead atoms. The third kappa shape index (κ3) is 77.1. The van der Waals surface area contributed by atoms with Crippen LogP contribution >= 0.6 is 15.6 Å². The van der Waals surface area contributed by atoms with Gasteiger partial charge in [0.15, 0.2) is 12.2 Å². The van der Waals surface area contributed by atoms with Crippen molar-refractivity contribution < 1.29 is 80.2 Å². The maximum Gasteiger partial charge on any atom is 0.472 e. The van der Waals surface area contributed by atoms with Crippen LogP contribution in [0.2, 0.25) is 0 Å².